The highest BCUT2D eigenvalue weighted by molar-refractivity contribution is 7.09. The Morgan fingerprint density at radius 1 is 1.22 bits per heavy atom. The molecule has 0 aliphatic rings. The number of esters is 2. The van der Waals surface area contributed by atoms with Crippen LogP contribution in [0.2, 0.25) is 0 Å². The van der Waals surface area contributed by atoms with Gasteiger partial charge in [-0.3, -0.25) is 0 Å². The van der Waals surface area contributed by atoms with E-state index < -0.39 is 11.9 Å². The predicted molar refractivity (Wildman–Crippen MR) is 85.9 cm³/mol. The van der Waals surface area contributed by atoms with Gasteiger partial charge in [-0.1, -0.05) is 6.07 Å². The van der Waals surface area contributed by atoms with E-state index in [1.54, 1.807) is 29.7 Å². The number of hydrogen-bond donors (Lipinski definition) is 0. The van der Waals surface area contributed by atoms with Gasteiger partial charge in [0.1, 0.15) is 0 Å². The molecule has 0 unspecified atom stereocenters. The van der Waals surface area contributed by atoms with Gasteiger partial charge in [0.25, 0.3) is 0 Å². The van der Waals surface area contributed by atoms with Crippen LogP contribution >= 0.6 is 11.3 Å². The van der Waals surface area contributed by atoms with E-state index in [2.05, 4.69) is 9.72 Å². The Balaban J connectivity index is 2.18. The first-order valence-corrected chi connectivity index (χ1v) is 7.50. The van der Waals surface area contributed by atoms with Crippen LogP contribution in [0.5, 0.6) is 11.5 Å². The molecular weight excluding hydrogens is 318 g/mol. The fourth-order valence-electron chi connectivity index (χ4n) is 1.71. The Hall–Kier alpha value is -2.67. The fraction of sp³-hybridized carbons (Fsp3) is 0.188. The first-order valence-electron chi connectivity index (χ1n) is 6.62. The molecule has 120 valence electrons. The third-order valence-corrected chi connectivity index (χ3v) is 3.61. The highest BCUT2D eigenvalue weighted by Crippen LogP contribution is 2.29. The second-order valence-electron chi connectivity index (χ2n) is 4.41. The summed E-state index contributed by atoms with van der Waals surface area (Å²) in [5.41, 5.74) is 0.959. The van der Waals surface area contributed by atoms with Crippen LogP contribution in [-0.2, 0) is 9.53 Å². The predicted octanol–water partition coefficient (Wildman–Crippen LogP) is 2.87. The summed E-state index contributed by atoms with van der Waals surface area (Å²) >= 11 is 1.37. The Kier molecular flexibility index (Phi) is 5.48. The molecule has 1 aromatic carbocycles. The molecule has 1 heterocycles. The van der Waals surface area contributed by atoms with E-state index in [1.807, 2.05) is 6.92 Å². The van der Waals surface area contributed by atoms with Gasteiger partial charge in [0.05, 0.1) is 19.2 Å². The zero-order chi connectivity index (χ0) is 16.8. The molecule has 6 nitrogen and oxygen atoms in total. The minimum atomic E-state index is -0.550. The molecule has 1 aromatic heterocycles. The number of benzene rings is 1. The maximum absolute atomic E-state index is 12.0. The number of rotatable bonds is 5. The van der Waals surface area contributed by atoms with E-state index in [0.29, 0.717) is 11.3 Å². The molecule has 0 bridgehead atoms. The van der Waals surface area contributed by atoms with Crippen molar-refractivity contribution in [3.05, 3.63) is 45.9 Å². The van der Waals surface area contributed by atoms with Crippen LogP contribution in [0.25, 0.3) is 6.08 Å². The summed E-state index contributed by atoms with van der Waals surface area (Å²) in [5, 5.41) is 2.42. The number of methoxy groups -OCH3 is 2. The summed E-state index contributed by atoms with van der Waals surface area (Å²) in [5.74, 6) is -0.362. The summed E-state index contributed by atoms with van der Waals surface area (Å²) < 4.78 is 15.0. The van der Waals surface area contributed by atoms with E-state index in [-0.39, 0.29) is 11.4 Å². The molecule has 0 saturated carbocycles. The monoisotopic (exact) mass is 333 g/mol. The van der Waals surface area contributed by atoms with Gasteiger partial charge < -0.3 is 14.2 Å². The molecule has 0 aliphatic carbocycles. The third-order valence-electron chi connectivity index (χ3n) is 2.83. The first-order chi connectivity index (χ1) is 11.0. The number of carbonyl (C=O) groups is 2. The van der Waals surface area contributed by atoms with Crippen LogP contribution in [0.1, 0.15) is 21.1 Å². The standard InChI is InChI=1S/C16H15NO5S/c1-10-17-12(9-23-10)16(19)22-13-6-4-11(8-14(13)20-2)5-7-15(18)21-3/h4-9H,1-3H3/b7-5+. The molecular formula is C16H15NO5S. The van der Waals surface area contributed by atoms with Crippen molar-refractivity contribution >= 4 is 29.4 Å². The average Bonchev–Trinajstić information content (AvgIpc) is 3.00. The maximum Gasteiger partial charge on any atom is 0.363 e. The van der Waals surface area contributed by atoms with Crippen LogP contribution in [0.15, 0.2) is 29.7 Å². The molecule has 23 heavy (non-hydrogen) atoms. The van der Waals surface area contributed by atoms with Gasteiger partial charge in [-0.2, -0.15) is 0 Å². The van der Waals surface area contributed by atoms with Crippen molar-refractivity contribution in [3.63, 3.8) is 0 Å². The first kappa shape index (κ1) is 16.7. The fourth-order valence-corrected chi connectivity index (χ4v) is 2.30. The van der Waals surface area contributed by atoms with Crippen molar-refractivity contribution < 1.29 is 23.8 Å². The highest BCUT2D eigenvalue weighted by Gasteiger charge is 2.15. The summed E-state index contributed by atoms with van der Waals surface area (Å²) in [6.45, 7) is 1.81. The maximum atomic E-state index is 12.0. The van der Waals surface area contributed by atoms with E-state index in [4.69, 9.17) is 9.47 Å². The largest absolute Gasteiger partial charge is 0.493 e. The van der Waals surface area contributed by atoms with Gasteiger partial charge in [0, 0.05) is 11.5 Å². The molecule has 2 aromatic rings. The molecule has 0 aliphatic heterocycles. The summed E-state index contributed by atoms with van der Waals surface area (Å²) in [6.07, 6.45) is 2.86. The van der Waals surface area contributed by atoms with Crippen molar-refractivity contribution in [2.24, 2.45) is 0 Å². The Bertz CT molecular complexity index is 751. The van der Waals surface area contributed by atoms with E-state index in [1.165, 1.54) is 31.6 Å². The summed E-state index contributed by atoms with van der Waals surface area (Å²) in [4.78, 5) is 27.2. The summed E-state index contributed by atoms with van der Waals surface area (Å²) in [7, 11) is 2.77. The number of thiazole rings is 1. The number of ether oxygens (including phenoxy) is 3. The minimum Gasteiger partial charge on any atom is -0.493 e. The number of carbonyl (C=O) groups excluding carboxylic acids is 2. The smallest absolute Gasteiger partial charge is 0.363 e. The average molecular weight is 333 g/mol. The van der Waals surface area contributed by atoms with Crippen LogP contribution in [0.4, 0.5) is 0 Å². The molecule has 0 saturated heterocycles. The van der Waals surface area contributed by atoms with E-state index >= 15 is 0 Å². The molecule has 0 amide bonds. The SMILES string of the molecule is COC(=O)/C=C/c1ccc(OC(=O)c2csc(C)n2)c(OC)c1. The normalized spacial score (nSPS) is 10.6. The quantitative estimate of drug-likeness (QED) is 0.476. The lowest BCUT2D eigenvalue weighted by molar-refractivity contribution is -0.134. The minimum absolute atomic E-state index is 0.254. The Labute approximate surface area is 137 Å². The second-order valence-corrected chi connectivity index (χ2v) is 5.47. The van der Waals surface area contributed by atoms with Gasteiger partial charge in [0.2, 0.25) is 0 Å². The van der Waals surface area contributed by atoms with Gasteiger partial charge in [-0.15, -0.1) is 11.3 Å². The van der Waals surface area contributed by atoms with E-state index in [0.717, 1.165) is 5.01 Å². The van der Waals surface area contributed by atoms with E-state index in [9.17, 15) is 9.59 Å². The lowest BCUT2D eigenvalue weighted by Crippen LogP contribution is -2.09. The second kappa shape index (κ2) is 7.55. The van der Waals surface area contributed by atoms with Crippen LogP contribution in [0.3, 0.4) is 0 Å². The molecule has 0 fully saturated rings. The number of aromatic nitrogens is 1. The topological polar surface area (TPSA) is 74.7 Å². The van der Waals surface area contributed by atoms with Crippen molar-refractivity contribution in [1.29, 1.82) is 0 Å². The lowest BCUT2D eigenvalue weighted by Gasteiger charge is -2.09. The van der Waals surface area contributed by atoms with Gasteiger partial charge in [0.15, 0.2) is 17.2 Å². The number of aryl methyl sites for hydroxylation is 1. The van der Waals surface area contributed by atoms with Crippen molar-refractivity contribution in [2.45, 2.75) is 6.92 Å². The van der Waals surface area contributed by atoms with Gasteiger partial charge in [-0.25, -0.2) is 14.6 Å². The van der Waals surface area contributed by atoms with Crippen LogP contribution in [0, 0.1) is 6.92 Å². The molecule has 0 spiro atoms. The van der Waals surface area contributed by atoms with Gasteiger partial charge in [-0.05, 0) is 30.7 Å². The summed E-state index contributed by atoms with van der Waals surface area (Å²) in [6, 6.07) is 4.93. The third kappa shape index (κ3) is 4.40. The number of nitrogens with zero attached hydrogens (tertiary/aromatic N) is 1. The van der Waals surface area contributed by atoms with Crippen molar-refractivity contribution in [1.82, 2.24) is 4.98 Å². The molecule has 7 heteroatoms. The van der Waals surface area contributed by atoms with Crippen molar-refractivity contribution in [2.75, 3.05) is 14.2 Å². The Morgan fingerprint density at radius 3 is 2.61 bits per heavy atom. The Morgan fingerprint density at radius 2 is 2.00 bits per heavy atom. The molecule has 0 atom stereocenters. The lowest BCUT2D eigenvalue weighted by atomic mass is 10.2. The molecule has 0 N–H and O–H groups in total. The highest BCUT2D eigenvalue weighted by atomic mass is 32.1. The van der Waals surface area contributed by atoms with Crippen molar-refractivity contribution in [3.8, 4) is 11.5 Å². The van der Waals surface area contributed by atoms with Gasteiger partial charge >= 0.3 is 11.9 Å². The zero-order valence-corrected chi connectivity index (χ0v) is 13.7. The zero-order valence-electron chi connectivity index (χ0n) is 12.9. The number of hydrogen-bond acceptors (Lipinski definition) is 7. The molecule has 2 rings (SSSR count). The van der Waals surface area contributed by atoms with Crippen LogP contribution in [-0.4, -0.2) is 31.1 Å². The molecule has 0 radical (unpaired) electrons. The van der Waals surface area contributed by atoms with Crippen LogP contribution < -0.4 is 9.47 Å².